The maximum Gasteiger partial charge on any atom is 0.255 e. The van der Waals surface area contributed by atoms with Crippen LogP contribution in [0, 0.1) is 0 Å². The number of fused-ring (bicyclic) bond motifs is 1. The molecule has 2 fully saturated rings. The maximum absolute atomic E-state index is 13.0. The van der Waals surface area contributed by atoms with Crippen LogP contribution in [-0.4, -0.2) is 62.7 Å². The second-order valence-corrected chi connectivity index (χ2v) is 10.2. The summed E-state index contributed by atoms with van der Waals surface area (Å²) >= 11 is 5.84. The third kappa shape index (κ3) is 4.87. The van der Waals surface area contributed by atoms with Gasteiger partial charge in [-0.3, -0.25) is 29.6 Å². The van der Waals surface area contributed by atoms with Crippen LogP contribution in [0.2, 0.25) is 5.15 Å². The van der Waals surface area contributed by atoms with E-state index >= 15 is 0 Å². The van der Waals surface area contributed by atoms with Crippen LogP contribution in [0.1, 0.15) is 40.7 Å². The minimum atomic E-state index is -0.623. The Balaban J connectivity index is 1.11. The van der Waals surface area contributed by atoms with Crippen molar-refractivity contribution in [3.8, 4) is 17.0 Å². The van der Waals surface area contributed by atoms with Gasteiger partial charge in [-0.1, -0.05) is 17.7 Å². The number of piperidine rings is 1. The summed E-state index contributed by atoms with van der Waals surface area (Å²) in [5.74, 6) is -0.169. The third-order valence-corrected chi connectivity index (χ3v) is 7.66. The second kappa shape index (κ2) is 10.2. The lowest BCUT2D eigenvalue weighted by molar-refractivity contribution is -0.136. The van der Waals surface area contributed by atoms with Crippen molar-refractivity contribution >= 4 is 29.3 Å². The molecule has 3 aliphatic rings. The average molecular weight is 532 g/mol. The van der Waals surface area contributed by atoms with Crippen LogP contribution in [0.5, 0.6) is 5.75 Å². The number of benzene rings is 1. The van der Waals surface area contributed by atoms with Crippen molar-refractivity contribution in [1.29, 1.82) is 0 Å². The van der Waals surface area contributed by atoms with Crippen molar-refractivity contribution in [2.24, 2.45) is 0 Å². The smallest absolute Gasteiger partial charge is 0.255 e. The summed E-state index contributed by atoms with van der Waals surface area (Å²) in [6, 6.07) is 13.0. The van der Waals surface area contributed by atoms with Crippen LogP contribution in [0.25, 0.3) is 11.3 Å². The molecule has 0 bridgehead atoms. The predicted molar refractivity (Wildman–Crippen MR) is 139 cm³/mol. The normalized spacial score (nSPS) is 21.2. The Morgan fingerprint density at radius 1 is 1.05 bits per heavy atom. The molecule has 2 atom stereocenters. The number of nitrogens with zero attached hydrogens (tertiary/aromatic N) is 4. The van der Waals surface area contributed by atoms with Crippen LogP contribution in [0.3, 0.4) is 0 Å². The highest BCUT2D eigenvalue weighted by Gasteiger charge is 2.39. The average Bonchev–Trinajstić information content (AvgIpc) is 3.23. The molecule has 2 saturated heterocycles. The molecule has 3 aliphatic heterocycles. The van der Waals surface area contributed by atoms with E-state index in [2.05, 4.69) is 26.3 Å². The number of hydrogen-bond donors (Lipinski definition) is 1. The first kappa shape index (κ1) is 24.5. The van der Waals surface area contributed by atoms with Gasteiger partial charge >= 0.3 is 0 Å². The van der Waals surface area contributed by atoms with E-state index in [1.165, 1.54) is 0 Å². The highest BCUT2D eigenvalue weighted by Crippen LogP contribution is 2.31. The minimum absolute atomic E-state index is 0.178. The Morgan fingerprint density at radius 2 is 1.95 bits per heavy atom. The number of halogens is 1. The molecule has 3 amide bonds. The number of amides is 3. The Morgan fingerprint density at radius 3 is 2.71 bits per heavy atom. The fraction of sp³-hybridized carbons (Fsp3) is 0.321. The van der Waals surface area contributed by atoms with Crippen molar-refractivity contribution in [2.45, 2.75) is 44.4 Å². The number of pyridine rings is 2. The molecule has 3 aromatic rings. The number of rotatable bonds is 7. The number of carbonyl (C=O) groups is 3. The molecule has 0 radical (unpaired) electrons. The first-order valence-electron chi connectivity index (χ1n) is 12.7. The van der Waals surface area contributed by atoms with Gasteiger partial charge in [0, 0.05) is 49.4 Å². The van der Waals surface area contributed by atoms with Gasteiger partial charge in [0.15, 0.2) is 0 Å². The Kier molecular flexibility index (Phi) is 6.55. The van der Waals surface area contributed by atoms with E-state index in [1.54, 1.807) is 17.2 Å². The van der Waals surface area contributed by atoms with Gasteiger partial charge in [0.2, 0.25) is 11.8 Å². The molecule has 1 N–H and O–H groups in total. The van der Waals surface area contributed by atoms with Crippen molar-refractivity contribution < 1.29 is 19.1 Å². The first-order valence-corrected chi connectivity index (χ1v) is 13.0. The van der Waals surface area contributed by atoms with Gasteiger partial charge in [-0.15, -0.1) is 0 Å². The lowest BCUT2D eigenvalue weighted by atomic mass is 10.0. The van der Waals surface area contributed by atoms with Gasteiger partial charge < -0.3 is 9.64 Å². The zero-order valence-electron chi connectivity index (χ0n) is 20.6. The van der Waals surface area contributed by atoms with Crippen LogP contribution in [0.15, 0.2) is 54.9 Å². The Bertz CT molecular complexity index is 1410. The van der Waals surface area contributed by atoms with E-state index in [0.29, 0.717) is 42.1 Å². The number of imide groups is 1. The molecule has 0 aliphatic carbocycles. The molecule has 1 aromatic carbocycles. The van der Waals surface area contributed by atoms with E-state index in [-0.39, 0.29) is 18.2 Å². The molecule has 9 nitrogen and oxygen atoms in total. The minimum Gasteiger partial charge on any atom is -0.490 e. The number of nitrogens with one attached hydrogen (secondary N) is 1. The number of aromatic nitrogens is 2. The van der Waals surface area contributed by atoms with Crippen LogP contribution >= 0.6 is 11.6 Å². The van der Waals surface area contributed by atoms with Gasteiger partial charge in [-0.25, -0.2) is 4.98 Å². The number of hydrogen-bond acceptors (Lipinski definition) is 7. The van der Waals surface area contributed by atoms with Crippen molar-refractivity contribution in [3.63, 3.8) is 0 Å². The Labute approximate surface area is 224 Å². The van der Waals surface area contributed by atoms with Gasteiger partial charge in [0.1, 0.15) is 23.6 Å². The summed E-state index contributed by atoms with van der Waals surface area (Å²) in [6.07, 6.45) is 5.10. The molecule has 194 valence electrons. The van der Waals surface area contributed by atoms with Gasteiger partial charge in [0.25, 0.3) is 5.91 Å². The van der Waals surface area contributed by atoms with Crippen LogP contribution in [0.4, 0.5) is 0 Å². The second-order valence-electron chi connectivity index (χ2n) is 9.86. The molecule has 6 rings (SSSR count). The fourth-order valence-corrected chi connectivity index (χ4v) is 5.34. The van der Waals surface area contributed by atoms with E-state index < -0.39 is 11.9 Å². The number of likely N-dealkylation sites (tertiary alicyclic amines) is 1. The largest absolute Gasteiger partial charge is 0.490 e. The van der Waals surface area contributed by atoms with Crippen molar-refractivity contribution in [1.82, 2.24) is 25.1 Å². The standard InChI is InChI=1S/C28H26ClN5O4/c29-25-5-2-21(13-31-25)38-16-20-8-10-33(20)14-17-7-9-30-23(11-17)18-1-3-22-19(12-18)15-34(28(22)37)24-4-6-26(35)32-27(24)36/h1-3,5,7,9,11-13,20,24H,4,6,8,10,14-16H2,(H,32,35,36). The van der Waals surface area contributed by atoms with Crippen molar-refractivity contribution in [3.05, 3.63) is 76.7 Å². The zero-order valence-corrected chi connectivity index (χ0v) is 21.4. The molecular weight excluding hydrogens is 506 g/mol. The topological polar surface area (TPSA) is 105 Å². The lowest BCUT2D eigenvalue weighted by Gasteiger charge is -2.40. The summed E-state index contributed by atoms with van der Waals surface area (Å²) < 4.78 is 5.89. The molecule has 0 saturated carbocycles. The van der Waals surface area contributed by atoms with Gasteiger partial charge in [0.05, 0.1) is 11.9 Å². The SMILES string of the molecule is O=C1CCC(N2Cc3cc(-c4cc(CN5CCC5COc5ccc(Cl)nc5)ccn4)ccc3C2=O)C(=O)N1. The van der Waals surface area contributed by atoms with Gasteiger partial charge in [-0.05, 0) is 60.4 Å². The molecule has 0 spiro atoms. The van der Waals surface area contributed by atoms with E-state index in [0.717, 1.165) is 41.9 Å². The predicted octanol–water partition coefficient (Wildman–Crippen LogP) is 3.21. The van der Waals surface area contributed by atoms with E-state index in [1.807, 2.05) is 36.5 Å². The zero-order chi connectivity index (χ0) is 26.2. The molecule has 2 unspecified atom stereocenters. The van der Waals surface area contributed by atoms with Crippen LogP contribution < -0.4 is 10.1 Å². The molecule has 5 heterocycles. The number of ether oxygens (including phenoxy) is 1. The summed E-state index contributed by atoms with van der Waals surface area (Å²) in [5, 5.41) is 2.78. The summed E-state index contributed by atoms with van der Waals surface area (Å²) in [5.41, 5.74) is 4.35. The third-order valence-electron chi connectivity index (χ3n) is 7.44. The monoisotopic (exact) mass is 531 g/mol. The lowest BCUT2D eigenvalue weighted by Crippen LogP contribution is -2.52. The molecule has 38 heavy (non-hydrogen) atoms. The van der Waals surface area contributed by atoms with Crippen molar-refractivity contribution in [2.75, 3.05) is 13.2 Å². The van der Waals surface area contributed by atoms with E-state index in [4.69, 9.17) is 16.3 Å². The summed E-state index contributed by atoms with van der Waals surface area (Å²) in [6.45, 7) is 2.72. The summed E-state index contributed by atoms with van der Waals surface area (Å²) in [7, 11) is 0. The maximum atomic E-state index is 13.0. The van der Waals surface area contributed by atoms with Gasteiger partial charge in [-0.2, -0.15) is 0 Å². The molecule has 2 aromatic heterocycles. The molecule has 10 heteroatoms. The highest BCUT2D eigenvalue weighted by atomic mass is 35.5. The summed E-state index contributed by atoms with van der Waals surface area (Å²) in [4.78, 5) is 49.4. The first-order chi connectivity index (χ1) is 18.4. The Hall–Kier alpha value is -3.82. The number of carbonyl (C=O) groups excluding carboxylic acids is 3. The molecular formula is C28H26ClN5O4. The highest BCUT2D eigenvalue weighted by molar-refractivity contribution is 6.29. The quantitative estimate of drug-likeness (QED) is 0.369. The fourth-order valence-electron chi connectivity index (χ4n) is 5.23. The van der Waals surface area contributed by atoms with E-state index in [9.17, 15) is 14.4 Å². The van der Waals surface area contributed by atoms with Crippen LogP contribution in [-0.2, 0) is 22.7 Å².